The van der Waals surface area contributed by atoms with Crippen LogP contribution in [0.25, 0.3) is 0 Å². The van der Waals surface area contributed by atoms with Crippen molar-refractivity contribution in [3.05, 3.63) is 33.9 Å². The normalized spacial score (nSPS) is 15.4. The highest BCUT2D eigenvalue weighted by Crippen LogP contribution is 2.31. The fourth-order valence-corrected chi connectivity index (χ4v) is 1.79. The molecule has 92 valence electrons. The first-order valence-electron chi connectivity index (χ1n) is 5.71. The third-order valence-electron chi connectivity index (χ3n) is 3.10. The lowest BCUT2D eigenvalue weighted by atomic mass is 9.86. The van der Waals surface area contributed by atoms with Crippen molar-refractivity contribution in [3.63, 3.8) is 0 Å². The van der Waals surface area contributed by atoms with Crippen molar-refractivity contribution >= 4 is 5.69 Å². The zero-order chi connectivity index (χ0) is 12.3. The molecule has 0 spiro atoms. The van der Waals surface area contributed by atoms with E-state index in [1.54, 1.807) is 0 Å². The summed E-state index contributed by atoms with van der Waals surface area (Å²) >= 11 is 0. The van der Waals surface area contributed by atoms with Gasteiger partial charge in [0.15, 0.2) is 5.75 Å². The molecule has 1 aliphatic rings. The minimum absolute atomic E-state index is 0.0403. The zero-order valence-corrected chi connectivity index (χ0v) is 9.46. The molecule has 1 N–H and O–H groups in total. The van der Waals surface area contributed by atoms with Crippen LogP contribution in [-0.2, 0) is 6.61 Å². The van der Waals surface area contributed by atoms with Crippen LogP contribution in [0.2, 0.25) is 0 Å². The van der Waals surface area contributed by atoms with Gasteiger partial charge in [-0.1, -0.05) is 6.42 Å². The summed E-state index contributed by atoms with van der Waals surface area (Å²) in [5.74, 6) is 0.779. The molecule has 0 aromatic heterocycles. The Morgan fingerprint density at radius 2 is 2.24 bits per heavy atom. The molecule has 0 saturated heterocycles. The van der Waals surface area contributed by atoms with Crippen molar-refractivity contribution in [2.24, 2.45) is 5.92 Å². The second-order valence-electron chi connectivity index (χ2n) is 4.33. The van der Waals surface area contributed by atoms with Gasteiger partial charge in [0.25, 0.3) is 0 Å². The molecule has 0 aliphatic heterocycles. The molecular formula is C12H15NO4. The third kappa shape index (κ3) is 2.74. The first-order valence-corrected chi connectivity index (χ1v) is 5.71. The van der Waals surface area contributed by atoms with Gasteiger partial charge in [0, 0.05) is 6.07 Å². The van der Waals surface area contributed by atoms with Gasteiger partial charge in [-0.05, 0) is 36.5 Å². The van der Waals surface area contributed by atoms with Crippen LogP contribution in [-0.4, -0.2) is 16.6 Å². The van der Waals surface area contributed by atoms with Crippen LogP contribution in [0.15, 0.2) is 18.2 Å². The smallest absolute Gasteiger partial charge is 0.310 e. The van der Waals surface area contributed by atoms with E-state index < -0.39 is 4.92 Å². The van der Waals surface area contributed by atoms with Crippen molar-refractivity contribution in [1.82, 2.24) is 0 Å². The van der Waals surface area contributed by atoms with Crippen molar-refractivity contribution < 1.29 is 14.8 Å². The molecule has 5 nitrogen and oxygen atoms in total. The summed E-state index contributed by atoms with van der Waals surface area (Å²) in [6, 6.07) is 4.45. The Hall–Kier alpha value is -1.62. The van der Waals surface area contributed by atoms with Crippen molar-refractivity contribution in [2.45, 2.75) is 25.9 Å². The minimum Gasteiger partial charge on any atom is -0.487 e. The van der Waals surface area contributed by atoms with Gasteiger partial charge < -0.3 is 9.84 Å². The van der Waals surface area contributed by atoms with Crippen molar-refractivity contribution in [3.8, 4) is 5.75 Å². The molecule has 1 aliphatic carbocycles. The number of nitrogens with zero attached hydrogens (tertiary/aromatic N) is 1. The standard InChI is InChI=1S/C12H15NO4/c14-7-10-4-5-11(13(15)16)12(6-10)17-8-9-2-1-3-9/h4-6,9,14H,1-3,7-8H2. The summed E-state index contributed by atoms with van der Waals surface area (Å²) in [6.07, 6.45) is 3.48. The Kier molecular flexibility index (Phi) is 3.58. The van der Waals surface area contributed by atoms with Crippen molar-refractivity contribution in [1.29, 1.82) is 0 Å². The zero-order valence-electron chi connectivity index (χ0n) is 9.46. The van der Waals surface area contributed by atoms with Gasteiger partial charge in [-0.15, -0.1) is 0 Å². The van der Waals surface area contributed by atoms with E-state index in [-0.39, 0.29) is 18.0 Å². The van der Waals surface area contributed by atoms with Crippen LogP contribution in [0, 0.1) is 16.0 Å². The maximum absolute atomic E-state index is 10.8. The average Bonchev–Trinajstić information content (AvgIpc) is 2.26. The molecule has 1 saturated carbocycles. The van der Waals surface area contributed by atoms with Crippen LogP contribution in [0.3, 0.4) is 0 Å². The molecule has 2 rings (SSSR count). The van der Waals surface area contributed by atoms with Gasteiger partial charge in [0.2, 0.25) is 0 Å². The SMILES string of the molecule is O=[N+]([O-])c1ccc(CO)cc1OCC1CCC1. The molecule has 1 fully saturated rings. The Bertz CT molecular complexity index is 415. The quantitative estimate of drug-likeness (QED) is 0.629. The minimum atomic E-state index is -0.461. The second-order valence-corrected chi connectivity index (χ2v) is 4.33. The highest BCUT2D eigenvalue weighted by Gasteiger charge is 2.21. The van der Waals surface area contributed by atoms with E-state index >= 15 is 0 Å². The van der Waals surface area contributed by atoms with Crippen molar-refractivity contribution in [2.75, 3.05) is 6.61 Å². The first kappa shape index (κ1) is 11.9. The van der Waals surface area contributed by atoms with E-state index in [1.807, 2.05) is 0 Å². The Morgan fingerprint density at radius 3 is 2.76 bits per heavy atom. The molecule has 0 unspecified atom stereocenters. The summed E-state index contributed by atoms with van der Waals surface area (Å²) in [7, 11) is 0. The summed E-state index contributed by atoms with van der Waals surface area (Å²) in [4.78, 5) is 10.4. The fourth-order valence-electron chi connectivity index (χ4n) is 1.79. The number of aliphatic hydroxyl groups is 1. The van der Waals surface area contributed by atoms with E-state index in [0.717, 1.165) is 12.8 Å². The highest BCUT2D eigenvalue weighted by molar-refractivity contribution is 5.48. The lowest BCUT2D eigenvalue weighted by molar-refractivity contribution is -0.385. The molecule has 0 radical (unpaired) electrons. The molecule has 0 amide bonds. The third-order valence-corrected chi connectivity index (χ3v) is 3.10. The Labute approximate surface area is 99.2 Å². The van der Waals surface area contributed by atoms with Crippen LogP contribution in [0.1, 0.15) is 24.8 Å². The molecule has 0 atom stereocenters. The predicted octanol–water partition coefficient (Wildman–Crippen LogP) is 2.27. The second kappa shape index (κ2) is 5.14. The largest absolute Gasteiger partial charge is 0.487 e. The molecule has 0 heterocycles. The summed E-state index contributed by atoms with van der Waals surface area (Å²) in [6.45, 7) is 0.382. The number of nitro groups is 1. The number of rotatable bonds is 5. The summed E-state index contributed by atoms with van der Waals surface area (Å²) in [5.41, 5.74) is 0.584. The first-order chi connectivity index (χ1) is 8.20. The molecule has 5 heteroatoms. The molecule has 0 bridgehead atoms. The average molecular weight is 237 g/mol. The monoisotopic (exact) mass is 237 g/mol. The molecule has 1 aromatic rings. The number of aliphatic hydroxyl groups excluding tert-OH is 1. The lowest BCUT2D eigenvalue weighted by Gasteiger charge is -2.25. The van der Waals surface area contributed by atoms with Crippen LogP contribution < -0.4 is 4.74 Å². The molecule has 1 aromatic carbocycles. The van der Waals surface area contributed by atoms with Gasteiger partial charge in [0.1, 0.15) is 0 Å². The van der Waals surface area contributed by atoms with E-state index in [4.69, 9.17) is 9.84 Å². The van der Waals surface area contributed by atoms with Crippen LogP contribution >= 0.6 is 0 Å². The van der Waals surface area contributed by atoms with Crippen LogP contribution in [0.4, 0.5) is 5.69 Å². The van der Waals surface area contributed by atoms with Gasteiger partial charge in [-0.2, -0.15) is 0 Å². The maximum Gasteiger partial charge on any atom is 0.310 e. The maximum atomic E-state index is 10.8. The van der Waals surface area contributed by atoms with Gasteiger partial charge in [-0.3, -0.25) is 10.1 Å². The number of hydrogen-bond acceptors (Lipinski definition) is 4. The topological polar surface area (TPSA) is 72.6 Å². The molecule has 17 heavy (non-hydrogen) atoms. The van der Waals surface area contributed by atoms with E-state index in [1.165, 1.54) is 24.6 Å². The molecular weight excluding hydrogens is 222 g/mol. The van der Waals surface area contributed by atoms with Gasteiger partial charge in [0.05, 0.1) is 18.1 Å². The number of benzene rings is 1. The van der Waals surface area contributed by atoms with Gasteiger partial charge in [-0.25, -0.2) is 0 Å². The fraction of sp³-hybridized carbons (Fsp3) is 0.500. The van der Waals surface area contributed by atoms with Gasteiger partial charge >= 0.3 is 5.69 Å². The van der Waals surface area contributed by atoms with E-state index in [0.29, 0.717) is 18.1 Å². The highest BCUT2D eigenvalue weighted by atomic mass is 16.6. The lowest BCUT2D eigenvalue weighted by Crippen LogP contribution is -2.19. The number of ether oxygens (including phenoxy) is 1. The predicted molar refractivity (Wildman–Crippen MR) is 61.9 cm³/mol. The van der Waals surface area contributed by atoms with E-state index in [2.05, 4.69) is 0 Å². The Morgan fingerprint density at radius 1 is 1.47 bits per heavy atom. The number of hydrogen-bond donors (Lipinski definition) is 1. The van der Waals surface area contributed by atoms with E-state index in [9.17, 15) is 10.1 Å². The number of nitro benzene ring substituents is 1. The van der Waals surface area contributed by atoms with Crippen LogP contribution in [0.5, 0.6) is 5.75 Å². The summed E-state index contributed by atoms with van der Waals surface area (Å²) < 4.78 is 5.49. The Balaban J connectivity index is 2.12. The summed E-state index contributed by atoms with van der Waals surface area (Å²) in [5, 5.41) is 19.8.